The number of alkyl halides is 3. The van der Waals surface area contributed by atoms with Crippen molar-refractivity contribution >= 4 is 75.3 Å². The van der Waals surface area contributed by atoms with Crippen molar-refractivity contribution in [2.24, 2.45) is 10.7 Å². The number of halogens is 6. The van der Waals surface area contributed by atoms with Gasteiger partial charge in [0.25, 0.3) is 11.8 Å². The Kier molecular flexibility index (Phi) is 9.82. The van der Waals surface area contributed by atoms with E-state index in [9.17, 15) is 22.8 Å². The summed E-state index contributed by atoms with van der Waals surface area (Å²) in [5, 5.41) is 7.34. The summed E-state index contributed by atoms with van der Waals surface area (Å²) in [7, 11) is 1.33. The Balaban J connectivity index is 1.82. The van der Waals surface area contributed by atoms with Crippen molar-refractivity contribution in [3.8, 4) is 5.75 Å². The second-order valence-electron chi connectivity index (χ2n) is 7.63. The summed E-state index contributed by atoms with van der Waals surface area (Å²) in [6, 6.07) is 5.78. The molecule has 0 saturated heterocycles. The van der Waals surface area contributed by atoms with Crippen LogP contribution in [0.1, 0.15) is 38.4 Å². The zero-order valence-electron chi connectivity index (χ0n) is 19.5. The highest BCUT2D eigenvalue weighted by Gasteiger charge is 2.27. The number of hydrogen-bond acceptors (Lipinski definition) is 6. The molecule has 2 aromatic heterocycles. The first-order valence-electron chi connectivity index (χ1n) is 10.6. The molecule has 8 nitrogen and oxygen atoms in total. The third kappa shape index (κ3) is 7.97. The first-order valence-corrected chi connectivity index (χ1v) is 12.6. The molecule has 4 N–H and O–H groups in total. The molecule has 3 aromatic rings. The number of nitrogens with two attached hydrogens (primary N) is 1. The van der Waals surface area contributed by atoms with Crippen LogP contribution in [0.25, 0.3) is 0 Å². The molecule has 0 atom stereocenters. The van der Waals surface area contributed by atoms with Crippen molar-refractivity contribution in [2.75, 3.05) is 17.7 Å². The molecule has 3 rings (SSSR count). The lowest BCUT2D eigenvalue weighted by Gasteiger charge is -2.15. The number of amides is 2. The van der Waals surface area contributed by atoms with Crippen LogP contribution in [0.2, 0.25) is 15.1 Å². The molecule has 0 aliphatic carbocycles. The molecule has 0 spiro atoms. The van der Waals surface area contributed by atoms with Gasteiger partial charge in [-0.15, -0.1) is 11.3 Å². The number of thiophene rings is 1. The van der Waals surface area contributed by atoms with Gasteiger partial charge in [0.2, 0.25) is 0 Å². The number of rotatable bonds is 9. The number of aromatic nitrogens is 1. The average Bonchev–Trinajstić information content (AvgIpc) is 3.23. The highest BCUT2D eigenvalue weighted by molar-refractivity contribution is 7.13. The third-order valence-corrected chi connectivity index (χ3v) is 6.88. The van der Waals surface area contributed by atoms with Gasteiger partial charge in [-0.3, -0.25) is 14.6 Å². The molecule has 38 heavy (non-hydrogen) atoms. The second kappa shape index (κ2) is 12.7. The largest absolute Gasteiger partial charge is 0.494 e. The number of carbonyl (C=O) groups excluding carboxylic acids is 2. The highest BCUT2D eigenvalue weighted by Crippen LogP contribution is 2.35. The first-order chi connectivity index (χ1) is 17.9. The summed E-state index contributed by atoms with van der Waals surface area (Å²) in [5.74, 6) is -1.18. The predicted octanol–water partition coefficient (Wildman–Crippen LogP) is 6.82. The van der Waals surface area contributed by atoms with E-state index in [4.69, 9.17) is 45.3 Å². The average molecular weight is 609 g/mol. The van der Waals surface area contributed by atoms with Crippen molar-refractivity contribution < 1.29 is 27.5 Å². The Bertz CT molecular complexity index is 1360. The van der Waals surface area contributed by atoms with Gasteiger partial charge < -0.3 is 21.1 Å². The molecule has 1 aromatic carbocycles. The van der Waals surface area contributed by atoms with Gasteiger partial charge in [0, 0.05) is 29.3 Å². The summed E-state index contributed by atoms with van der Waals surface area (Å²) in [4.78, 5) is 34.1. The predicted molar refractivity (Wildman–Crippen MR) is 143 cm³/mol. The van der Waals surface area contributed by atoms with Gasteiger partial charge in [-0.1, -0.05) is 34.8 Å². The van der Waals surface area contributed by atoms with Gasteiger partial charge in [0.1, 0.15) is 16.4 Å². The first kappa shape index (κ1) is 29.5. The fourth-order valence-corrected chi connectivity index (χ4v) is 4.59. The number of carbonyl (C=O) groups is 2. The molecular formula is C23H19Cl3F3N5O3S. The number of hydrogen-bond donors (Lipinski definition) is 3. The van der Waals surface area contributed by atoms with E-state index in [1.54, 1.807) is 0 Å². The van der Waals surface area contributed by atoms with Gasteiger partial charge in [-0.2, -0.15) is 13.2 Å². The van der Waals surface area contributed by atoms with Crippen LogP contribution in [0.4, 0.5) is 24.7 Å². The number of nitrogens with zero attached hydrogens (tertiary/aromatic N) is 2. The van der Waals surface area contributed by atoms with Crippen LogP contribution < -0.4 is 21.1 Å². The van der Waals surface area contributed by atoms with Gasteiger partial charge in [0.05, 0.1) is 47.2 Å². The number of aliphatic imine (C=N–C) groups is 1. The number of methoxy groups -OCH3 is 1. The molecular weight excluding hydrogens is 590 g/mol. The standard InChI is InChI=1S/C23H19Cl3F3N5O3S/c1-37-15-7-13(25)6-14(21(35)33-17-3-2-12(24)9-32-17)19(15)34-22(36)20-18(26)11(10-38-20)8-31-16(30)4-5-23(27,28)29/h2-3,6-7,9-10H,4-5,8H2,1H3,(H2,30,31)(H,34,36)(H,32,33,35). The van der Waals surface area contributed by atoms with Crippen LogP contribution >= 0.6 is 46.1 Å². The Hall–Kier alpha value is -3.06. The van der Waals surface area contributed by atoms with Crippen LogP contribution in [0.5, 0.6) is 5.75 Å². The van der Waals surface area contributed by atoms with E-state index in [-0.39, 0.29) is 50.1 Å². The monoisotopic (exact) mass is 607 g/mol. The van der Waals surface area contributed by atoms with Crippen LogP contribution in [0, 0.1) is 0 Å². The number of nitrogens with one attached hydrogen (secondary N) is 2. The fraction of sp³-hybridized carbons (Fsp3) is 0.217. The maximum atomic E-state index is 13.1. The lowest BCUT2D eigenvalue weighted by atomic mass is 10.1. The minimum absolute atomic E-state index is 0.0191. The van der Waals surface area contributed by atoms with Gasteiger partial charge >= 0.3 is 6.18 Å². The zero-order valence-corrected chi connectivity index (χ0v) is 22.5. The summed E-state index contributed by atoms with van der Waals surface area (Å²) < 4.78 is 42.4. The van der Waals surface area contributed by atoms with E-state index in [0.717, 1.165) is 11.3 Å². The molecule has 0 radical (unpaired) electrons. The highest BCUT2D eigenvalue weighted by atomic mass is 35.5. The minimum atomic E-state index is -4.35. The second-order valence-corrected chi connectivity index (χ2v) is 9.76. The Morgan fingerprint density at radius 2 is 1.87 bits per heavy atom. The third-order valence-electron chi connectivity index (χ3n) is 4.86. The van der Waals surface area contributed by atoms with E-state index in [1.807, 2.05) is 0 Å². The number of pyridine rings is 1. The van der Waals surface area contributed by atoms with Crippen LogP contribution in [-0.4, -0.2) is 35.9 Å². The molecule has 0 aliphatic rings. The molecule has 202 valence electrons. The van der Waals surface area contributed by atoms with Crippen LogP contribution in [0.15, 0.2) is 40.8 Å². The lowest BCUT2D eigenvalue weighted by Crippen LogP contribution is -2.19. The topological polar surface area (TPSA) is 119 Å². The summed E-state index contributed by atoms with van der Waals surface area (Å²) >= 11 is 19.3. The molecule has 0 unspecified atom stereocenters. The van der Waals surface area contributed by atoms with E-state index >= 15 is 0 Å². The van der Waals surface area contributed by atoms with Crippen molar-refractivity contribution in [1.29, 1.82) is 0 Å². The SMILES string of the molecule is COc1cc(Cl)cc(C(=O)Nc2ccc(Cl)cn2)c1NC(=O)c1scc(CN=C(N)CCC(F)(F)F)c1Cl. The smallest absolute Gasteiger partial charge is 0.389 e. The minimum Gasteiger partial charge on any atom is -0.494 e. The van der Waals surface area contributed by atoms with E-state index in [2.05, 4.69) is 20.6 Å². The Morgan fingerprint density at radius 1 is 1.13 bits per heavy atom. The van der Waals surface area contributed by atoms with E-state index in [0.29, 0.717) is 10.6 Å². The number of amidine groups is 1. The molecule has 2 amide bonds. The van der Waals surface area contributed by atoms with E-state index in [1.165, 1.54) is 43.0 Å². The number of ether oxygens (including phenoxy) is 1. The summed E-state index contributed by atoms with van der Waals surface area (Å²) in [6.45, 7) is -0.113. The summed E-state index contributed by atoms with van der Waals surface area (Å²) in [6.07, 6.45) is -4.55. The number of anilines is 2. The Labute approximate surface area is 234 Å². The Morgan fingerprint density at radius 3 is 2.50 bits per heavy atom. The molecule has 0 fully saturated rings. The number of benzene rings is 1. The molecule has 0 saturated carbocycles. The van der Waals surface area contributed by atoms with Crippen molar-refractivity contribution in [2.45, 2.75) is 25.6 Å². The van der Waals surface area contributed by atoms with Gasteiger partial charge in [-0.25, -0.2) is 4.98 Å². The molecule has 2 heterocycles. The zero-order chi connectivity index (χ0) is 28.0. The van der Waals surface area contributed by atoms with Crippen molar-refractivity contribution in [1.82, 2.24) is 4.98 Å². The maximum absolute atomic E-state index is 13.1. The van der Waals surface area contributed by atoms with E-state index < -0.39 is 30.8 Å². The quantitative estimate of drug-likeness (QED) is 0.182. The fourth-order valence-electron chi connectivity index (χ4n) is 3.03. The van der Waals surface area contributed by atoms with Crippen molar-refractivity contribution in [3.63, 3.8) is 0 Å². The van der Waals surface area contributed by atoms with Gasteiger partial charge in [0.15, 0.2) is 0 Å². The maximum Gasteiger partial charge on any atom is 0.389 e. The van der Waals surface area contributed by atoms with Crippen LogP contribution in [0.3, 0.4) is 0 Å². The lowest BCUT2D eigenvalue weighted by molar-refractivity contribution is -0.132. The van der Waals surface area contributed by atoms with Gasteiger partial charge in [-0.05, 0) is 23.6 Å². The summed E-state index contributed by atoms with van der Waals surface area (Å²) in [5.41, 5.74) is 5.95. The van der Waals surface area contributed by atoms with Crippen LogP contribution in [-0.2, 0) is 6.54 Å². The normalized spacial score (nSPS) is 11.8. The molecule has 0 aliphatic heterocycles. The molecule has 15 heteroatoms. The van der Waals surface area contributed by atoms with Crippen molar-refractivity contribution in [3.05, 3.63) is 66.9 Å². The molecule has 0 bridgehead atoms.